The lowest BCUT2D eigenvalue weighted by Crippen LogP contribution is -2.46. The third-order valence-corrected chi connectivity index (χ3v) is 3.82. The van der Waals surface area contributed by atoms with Crippen molar-refractivity contribution in [3.05, 3.63) is 59.7 Å². The zero-order valence-corrected chi connectivity index (χ0v) is 14.2. The Labute approximate surface area is 148 Å². The number of fused-ring (bicyclic) bond motifs is 1. The van der Waals surface area contributed by atoms with E-state index in [4.69, 9.17) is 8.83 Å². The van der Waals surface area contributed by atoms with Crippen LogP contribution in [-0.4, -0.2) is 36.2 Å². The normalized spacial score (nSPS) is 10.5. The molecule has 0 aliphatic heterocycles. The summed E-state index contributed by atoms with van der Waals surface area (Å²) in [5.74, 6) is -1.33. The summed E-state index contributed by atoms with van der Waals surface area (Å²) < 4.78 is 10.5. The van der Waals surface area contributed by atoms with Gasteiger partial charge >= 0.3 is 5.91 Å². The zero-order valence-electron chi connectivity index (χ0n) is 14.2. The Morgan fingerprint density at radius 1 is 1.08 bits per heavy atom. The van der Waals surface area contributed by atoms with E-state index in [-0.39, 0.29) is 18.1 Å². The van der Waals surface area contributed by atoms with Gasteiger partial charge in [-0.05, 0) is 25.1 Å². The summed E-state index contributed by atoms with van der Waals surface area (Å²) >= 11 is 0. The predicted octanol–water partition coefficient (Wildman–Crippen LogP) is 1.87. The number of hydrogen-bond donors (Lipinski definition) is 2. The van der Waals surface area contributed by atoms with E-state index in [1.807, 2.05) is 12.1 Å². The molecule has 134 valence electrons. The number of likely N-dealkylation sites (N-methyl/N-ethyl adjacent to an activating group) is 1. The van der Waals surface area contributed by atoms with E-state index in [0.717, 1.165) is 5.39 Å². The molecule has 3 aromatic rings. The Bertz CT molecular complexity index is 959. The van der Waals surface area contributed by atoms with E-state index in [9.17, 15) is 14.4 Å². The van der Waals surface area contributed by atoms with E-state index in [1.54, 1.807) is 25.1 Å². The van der Waals surface area contributed by atoms with Gasteiger partial charge in [0, 0.05) is 18.0 Å². The van der Waals surface area contributed by atoms with E-state index in [0.29, 0.717) is 11.1 Å². The van der Waals surface area contributed by atoms with Crippen LogP contribution in [0.4, 0.5) is 0 Å². The van der Waals surface area contributed by atoms with Gasteiger partial charge in [-0.25, -0.2) is 0 Å². The largest absolute Gasteiger partial charge is 0.459 e. The van der Waals surface area contributed by atoms with Gasteiger partial charge in [-0.1, -0.05) is 18.2 Å². The van der Waals surface area contributed by atoms with Crippen LogP contribution in [0.3, 0.4) is 0 Å². The highest BCUT2D eigenvalue weighted by atomic mass is 16.3. The SMILES string of the molecule is Cc1c(C(=O)NNC(=O)CN(C)C(=O)c2ccco2)oc2ccccc12. The molecule has 2 heterocycles. The van der Waals surface area contributed by atoms with Crippen LogP contribution in [-0.2, 0) is 4.79 Å². The van der Waals surface area contributed by atoms with Gasteiger partial charge in [0.1, 0.15) is 12.1 Å². The maximum Gasteiger partial charge on any atom is 0.305 e. The molecular weight excluding hydrogens is 338 g/mol. The van der Waals surface area contributed by atoms with Crippen molar-refractivity contribution in [1.29, 1.82) is 0 Å². The molecule has 2 N–H and O–H groups in total. The summed E-state index contributed by atoms with van der Waals surface area (Å²) in [5, 5.41) is 0.827. The minimum atomic E-state index is -0.577. The lowest BCUT2D eigenvalue weighted by molar-refractivity contribution is -0.122. The van der Waals surface area contributed by atoms with Crippen molar-refractivity contribution in [2.75, 3.05) is 13.6 Å². The van der Waals surface area contributed by atoms with Crippen molar-refractivity contribution < 1.29 is 23.2 Å². The Morgan fingerprint density at radius 3 is 2.54 bits per heavy atom. The second-order valence-electron chi connectivity index (χ2n) is 5.69. The number of carbonyl (C=O) groups is 3. The Morgan fingerprint density at radius 2 is 1.85 bits per heavy atom. The fourth-order valence-corrected chi connectivity index (χ4v) is 2.49. The highest BCUT2D eigenvalue weighted by Crippen LogP contribution is 2.24. The number of para-hydroxylation sites is 1. The van der Waals surface area contributed by atoms with E-state index < -0.39 is 17.7 Å². The van der Waals surface area contributed by atoms with Crippen molar-refractivity contribution in [3.63, 3.8) is 0 Å². The molecule has 26 heavy (non-hydrogen) atoms. The Balaban J connectivity index is 1.57. The van der Waals surface area contributed by atoms with Gasteiger partial charge in [-0.2, -0.15) is 0 Å². The monoisotopic (exact) mass is 355 g/mol. The van der Waals surface area contributed by atoms with Crippen LogP contribution in [0.1, 0.15) is 26.7 Å². The molecule has 0 radical (unpaired) electrons. The van der Waals surface area contributed by atoms with Gasteiger partial charge in [0.2, 0.25) is 0 Å². The minimum Gasteiger partial charge on any atom is -0.459 e. The van der Waals surface area contributed by atoms with Gasteiger partial charge < -0.3 is 13.7 Å². The van der Waals surface area contributed by atoms with Crippen LogP contribution in [0, 0.1) is 6.92 Å². The fraction of sp³-hybridized carbons (Fsp3) is 0.167. The average Bonchev–Trinajstić information content (AvgIpc) is 3.28. The molecule has 0 saturated heterocycles. The lowest BCUT2D eigenvalue weighted by atomic mass is 10.1. The number of nitrogens with one attached hydrogen (secondary N) is 2. The van der Waals surface area contributed by atoms with Crippen molar-refractivity contribution in [1.82, 2.24) is 15.8 Å². The number of furan rings is 2. The Hall–Kier alpha value is -3.55. The number of nitrogens with zero attached hydrogens (tertiary/aromatic N) is 1. The first kappa shape index (κ1) is 17.3. The van der Waals surface area contributed by atoms with E-state index >= 15 is 0 Å². The van der Waals surface area contributed by atoms with Gasteiger partial charge in [0.05, 0.1) is 6.26 Å². The molecule has 2 aromatic heterocycles. The number of aryl methyl sites for hydroxylation is 1. The molecule has 0 fully saturated rings. The first-order valence-electron chi connectivity index (χ1n) is 7.83. The minimum absolute atomic E-state index is 0.117. The number of hydrogen-bond acceptors (Lipinski definition) is 5. The van der Waals surface area contributed by atoms with Gasteiger partial charge in [-0.15, -0.1) is 0 Å². The fourth-order valence-electron chi connectivity index (χ4n) is 2.49. The smallest absolute Gasteiger partial charge is 0.305 e. The molecule has 3 rings (SSSR count). The summed E-state index contributed by atoms with van der Waals surface area (Å²) in [6.45, 7) is 1.51. The highest BCUT2D eigenvalue weighted by Gasteiger charge is 2.20. The molecular formula is C18H17N3O5. The number of benzene rings is 1. The van der Waals surface area contributed by atoms with Gasteiger partial charge in [-0.3, -0.25) is 25.2 Å². The van der Waals surface area contributed by atoms with Gasteiger partial charge in [0.15, 0.2) is 11.5 Å². The second kappa shape index (κ2) is 7.14. The van der Waals surface area contributed by atoms with Crippen molar-refractivity contribution >= 4 is 28.7 Å². The quantitative estimate of drug-likeness (QED) is 0.695. The molecule has 0 atom stereocenters. The van der Waals surface area contributed by atoms with E-state index in [2.05, 4.69) is 10.9 Å². The molecule has 0 bridgehead atoms. The summed E-state index contributed by atoms with van der Waals surface area (Å²) in [6.07, 6.45) is 1.37. The van der Waals surface area contributed by atoms with Crippen LogP contribution in [0.2, 0.25) is 0 Å². The van der Waals surface area contributed by atoms with Crippen LogP contribution >= 0.6 is 0 Å². The standard InChI is InChI=1S/C18H17N3O5/c1-11-12-6-3-4-7-13(12)26-16(11)17(23)20-19-15(22)10-21(2)18(24)14-8-5-9-25-14/h3-9H,10H2,1-2H3,(H,19,22)(H,20,23). The number of amides is 3. The molecule has 0 aliphatic carbocycles. The zero-order chi connectivity index (χ0) is 18.7. The maximum absolute atomic E-state index is 12.2. The van der Waals surface area contributed by atoms with Crippen molar-refractivity contribution in [2.45, 2.75) is 6.92 Å². The summed E-state index contributed by atoms with van der Waals surface area (Å²) in [4.78, 5) is 37.3. The molecule has 0 spiro atoms. The van der Waals surface area contributed by atoms with Crippen LogP contribution in [0.5, 0.6) is 0 Å². The Kier molecular flexibility index (Phi) is 4.74. The second-order valence-corrected chi connectivity index (χ2v) is 5.69. The summed E-state index contributed by atoms with van der Waals surface area (Å²) in [6, 6.07) is 10.3. The first-order chi connectivity index (χ1) is 12.5. The lowest BCUT2D eigenvalue weighted by Gasteiger charge is -2.15. The van der Waals surface area contributed by atoms with Crippen LogP contribution < -0.4 is 10.9 Å². The van der Waals surface area contributed by atoms with Crippen molar-refractivity contribution in [3.8, 4) is 0 Å². The maximum atomic E-state index is 12.2. The van der Waals surface area contributed by atoms with E-state index in [1.165, 1.54) is 24.3 Å². The van der Waals surface area contributed by atoms with Crippen LogP contribution in [0.25, 0.3) is 11.0 Å². The highest BCUT2D eigenvalue weighted by molar-refractivity contribution is 6.00. The number of carbonyl (C=O) groups excluding carboxylic acids is 3. The molecule has 1 aromatic carbocycles. The third kappa shape index (κ3) is 3.44. The average molecular weight is 355 g/mol. The molecule has 8 heteroatoms. The molecule has 8 nitrogen and oxygen atoms in total. The number of hydrazine groups is 1. The molecule has 3 amide bonds. The molecule has 0 unspecified atom stereocenters. The first-order valence-corrected chi connectivity index (χ1v) is 7.83. The van der Waals surface area contributed by atoms with Crippen molar-refractivity contribution in [2.24, 2.45) is 0 Å². The number of rotatable bonds is 4. The summed E-state index contributed by atoms with van der Waals surface area (Å²) in [7, 11) is 1.45. The molecule has 0 saturated carbocycles. The third-order valence-electron chi connectivity index (χ3n) is 3.82. The van der Waals surface area contributed by atoms with Gasteiger partial charge in [0.25, 0.3) is 11.8 Å². The summed E-state index contributed by atoms with van der Waals surface area (Å²) in [5.41, 5.74) is 5.81. The van der Waals surface area contributed by atoms with Crippen LogP contribution in [0.15, 0.2) is 51.5 Å². The predicted molar refractivity (Wildman–Crippen MR) is 92.2 cm³/mol. The topological polar surface area (TPSA) is 105 Å². The molecule has 0 aliphatic rings.